The number of aryl methyl sites for hydroxylation is 2. The van der Waals surface area contributed by atoms with Gasteiger partial charge in [0.1, 0.15) is 0 Å². The zero-order chi connectivity index (χ0) is 14.6. The molecule has 3 nitrogen and oxygen atoms in total. The van der Waals surface area contributed by atoms with Gasteiger partial charge in [0.2, 0.25) is 0 Å². The van der Waals surface area contributed by atoms with E-state index >= 15 is 0 Å². The molecule has 2 aromatic rings. The summed E-state index contributed by atoms with van der Waals surface area (Å²) in [5.41, 5.74) is 2.17. The Morgan fingerprint density at radius 2 is 1.35 bits per heavy atom. The second kappa shape index (κ2) is 6.25. The highest BCUT2D eigenvalue weighted by molar-refractivity contribution is 7.61. The summed E-state index contributed by atoms with van der Waals surface area (Å²) in [4.78, 5) is 10.6. The fourth-order valence-electron chi connectivity index (χ4n) is 1.82. The minimum atomic E-state index is -2.93. The van der Waals surface area contributed by atoms with Crippen LogP contribution in [0.3, 0.4) is 0 Å². The predicted octanol–water partition coefficient (Wildman–Crippen LogP) is 4.54. The molecule has 2 aromatic carbocycles. The van der Waals surface area contributed by atoms with Crippen molar-refractivity contribution in [2.24, 2.45) is 0 Å². The van der Waals surface area contributed by atoms with Gasteiger partial charge in [-0.1, -0.05) is 24.3 Å². The van der Waals surface area contributed by atoms with Crippen molar-refractivity contribution in [3.8, 4) is 11.5 Å². The Kier molecular flexibility index (Phi) is 4.64. The summed E-state index contributed by atoms with van der Waals surface area (Å²) in [5, 5.41) is 0. The SMILES string of the molecule is CC[P+](O)(Oc1cccc(C)c1)Oc1cccc(C)c1. The number of hydrogen-bond donors (Lipinski definition) is 1. The van der Waals surface area contributed by atoms with Crippen LogP contribution in [0.5, 0.6) is 11.5 Å². The first-order chi connectivity index (χ1) is 9.50. The van der Waals surface area contributed by atoms with E-state index in [1.807, 2.05) is 69.3 Å². The molecule has 0 atom stereocenters. The average molecular weight is 291 g/mol. The van der Waals surface area contributed by atoms with Crippen molar-refractivity contribution in [2.75, 3.05) is 6.16 Å². The van der Waals surface area contributed by atoms with Gasteiger partial charge in [0.15, 0.2) is 17.7 Å². The Labute approximate surface area is 120 Å². The fraction of sp³-hybridized carbons (Fsp3) is 0.250. The molecule has 0 bridgehead atoms. The number of hydrogen-bond acceptors (Lipinski definition) is 3. The molecule has 2 rings (SSSR count). The molecule has 0 fully saturated rings. The first-order valence-corrected chi connectivity index (χ1v) is 8.40. The van der Waals surface area contributed by atoms with Gasteiger partial charge in [-0.2, -0.15) is 4.89 Å². The molecule has 0 heterocycles. The van der Waals surface area contributed by atoms with Gasteiger partial charge in [0.25, 0.3) is 0 Å². The lowest BCUT2D eigenvalue weighted by Crippen LogP contribution is -2.10. The second-order valence-corrected chi connectivity index (χ2v) is 7.04. The van der Waals surface area contributed by atoms with Crippen LogP contribution in [0.25, 0.3) is 0 Å². The maximum Gasteiger partial charge on any atom is 0.494 e. The van der Waals surface area contributed by atoms with Gasteiger partial charge >= 0.3 is 7.94 Å². The average Bonchev–Trinajstić information content (AvgIpc) is 2.38. The van der Waals surface area contributed by atoms with Crippen LogP contribution in [0.2, 0.25) is 0 Å². The molecule has 0 aliphatic carbocycles. The Balaban J connectivity index is 2.16. The maximum atomic E-state index is 10.6. The normalized spacial score (nSPS) is 11.2. The second-order valence-electron chi connectivity index (χ2n) is 4.77. The van der Waals surface area contributed by atoms with Gasteiger partial charge in [0.05, 0.1) is 0 Å². The summed E-state index contributed by atoms with van der Waals surface area (Å²) >= 11 is 0. The zero-order valence-electron chi connectivity index (χ0n) is 12.0. The van der Waals surface area contributed by atoms with Gasteiger partial charge in [-0.3, -0.25) is 9.05 Å². The van der Waals surface area contributed by atoms with E-state index in [2.05, 4.69) is 0 Å². The van der Waals surface area contributed by atoms with Crippen LogP contribution in [0.15, 0.2) is 48.5 Å². The summed E-state index contributed by atoms with van der Waals surface area (Å²) in [5.74, 6) is 1.27. The maximum absolute atomic E-state index is 10.6. The van der Waals surface area contributed by atoms with Crippen molar-refractivity contribution in [1.29, 1.82) is 0 Å². The Morgan fingerprint density at radius 3 is 1.70 bits per heavy atom. The van der Waals surface area contributed by atoms with E-state index in [0.29, 0.717) is 17.7 Å². The van der Waals surface area contributed by atoms with E-state index in [1.54, 1.807) is 0 Å². The van der Waals surface area contributed by atoms with Crippen molar-refractivity contribution >= 4 is 7.94 Å². The minimum absolute atomic E-state index is 0.425. The standard InChI is InChI=1S/C16H20O3P/c1-4-20(17,18-15-9-5-7-13(2)11-15)19-16-10-6-8-14(3)12-16/h5-12,17H,4H2,1-3H3/q+1. The number of rotatable bonds is 5. The van der Waals surface area contributed by atoms with Crippen molar-refractivity contribution in [2.45, 2.75) is 20.8 Å². The Hall–Kier alpha value is -1.57. The van der Waals surface area contributed by atoms with E-state index in [9.17, 15) is 4.89 Å². The van der Waals surface area contributed by atoms with Gasteiger partial charge in [-0.15, -0.1) is 0 Å². The molecule has 106 valence electrons. The molecular formula is C16H20O3P+. The summed E-state index contributed by atoms with van der Waals surface area (Å²) in [6.45, 7) is 5.83. The largest absolute Gasteiger partial charge is 0.494 e. The van der Waals surface area contributed by atoms with E-state index in [-0.39, 0.29) is 0 Å². The van der Waals surface area contributed by atoms with Crippen LogP contribution in [-0.2, 0) is 0 Å². The topological polar surface area (TPSA) is 38.7 Å². The molecule has 0 radical (unpaired) electrons. The van der Waals surface area contributed by atoms with Crippen molar-refractivity contribution in [3.63, 3.8) is 0 Å². The van der Waals surface area contributed by atoms with E-state index in [1.165, 1.54) is 0 Å². The van der Waals surface area contributed by atoms with Gasteiger partial charge in [-0.05, 0) is 56.2 Å². The quantitative estimate of drug-likeness (QED) is 0.822. The lowest BCUT2D eigenvalue weighted by molar-refractivity contribution is 0.348. The van der Waals surface area contributed by atoms with Crippen LogP contribution in [0, 0.1) is 13.8 Å². The van der Waals surface area contributed by atoms with Crippen LogP contribution < -0.4 is 9.05 Å². The molecule has 0 amide bonds. The van der Waals surface area contributed by atoms with Crippen LogP contribution in [0.4, 0.5) is 0 Å². The van der Waals surface area contributed by atoms with Crippen molar-refractivity contribution in [1.82, 2.24) is 0 Å². The van der Waals surface area contributed by atoms with Crippen LogP contribution in [-0.4, -0.2) is 11.1 Å². The van der Waals surface area contributed by atoms with Crippen LogP contribution >= 0.6 is 7.94 Å². The summed E-state index contributed by atoms with van der Waals surface area (Å²) in [7, 11) is -2.93. The minimum Gasteiger partial charge on any atom is -0.278 e. The summed E-state index contributed by atoms with van der Waals surface area (Å²) in [6.07, 6.45) is 0.425. The third-order valence-electron chi connectivity index (χ3n) is 2.87. The molecule has 0 unspecified atom stereocenters. The van der Waals surface area contributed by atoms with E-state index < -0.39 is 7.94 Å². The lowest BCUT2D eigenvalue weighted by Gasteiger charge is -2.17. The van der Waals surface area contributed by atoms with Gasteiger partial charge in [-0.25, -0.2) is 0 Å². The molecule has 0 saturated heterocycles. The molecule has 0 spiro atoms. The summed E-state index contributed by atoms with van der Waals surface area (Å²) in [6, 6.07) is 15.2. The monoisotopic (exact) mass is 291 g/mol. The van der Waals surface area contributed by atoms with Crippen LogP contribution in [0.1, 0.15) is 18.1 Å². The third kappa shape index (κ3) is 3.96. The zero-order valence-corrected chi connectivity index (χ0v) is 12.9. The molecule has 0 aliphatic heterocycles. The predicted molar refractivity (Wildman–Crippen MR) is 83.3 cm³/mol. The third-order valence-corrected chi connectivity index (χ3v) is 4.67. The van der Waals surface area contributed by atoms with Crippen molar-refractivity contribution in [3.05, 3.63) is 59.7 Å². The van der Waals surface area contributed by atoms with E-state index in [0.717, 1.165) is 11.1 Å². The molecule has 20 heavy (non-hydrogen) atoms. The number of benzene rings is 2. The molecule has 4 heteroatoms. The molecule has 1 N–H and O–H groups in total. The highest BCUT2D eigenvalue weighted by Crippen LogP contribution is 2.55. The first kappa shape index (κ1) is 14.8. The molecular weight excluding hydrogens is 271 g/mol. The fourth-order valence-corrected chi connectivity index (χ4v) is 3.00. The highest BCUT2D eigenvalue weighted by atomic mass is 31.2. The Bertz CT molecular complexity index is 536. The van der Waals surface area contributed by atoms with Gasteiger partial charge < -0.3 is 0 Å². The smallest absolute Gasteiger partial charge is 0.278 e. The highest BCUT2D eigenvalue weighted by Gasteiger charge is 2.41. The molecule has 0 aromatic heterocycles. The summed E-state index contributed by atoms with van der Waals surface area (Å²) < 4.78 is 11.4. The first-order valence-electron chi connectivity index (χ1n) is 6.64. The molecule has 0 aliphatic rings. The van der Waals surface area contributed by atoms with Gasteiger partial charge in [0, 0.05) is 0 Å². The van der Waals surface area contributed by atoms with E-state index in [4.69, 9.17) is 9.05 Å². The lowest BCUT2D eigenvalue weighted by atomic mass is 10.2. The molecule has 0 saturated carbocycles. The Morgan fingerprint density at radius 1 is 0.900 bits per heavy atom. The van der Waals surface area contributed by atoms with Crippen molar-refractivity contribution < 1.29 is 13.9 Å².